The van der Waals surface area contributed by atoms with Crippen molar-refractivity contribution in [2.24, 2.45) is 0 Å². The second-order valence-electron chi connectivity index (χ2n) is 5.17. The summed E-state index contributed by atoms with van der Waals surface area (Å²) in [6.45, 7) is 11.5. The number of rotatable bonds is 4. The van der Waals surface area contributed by atoms with Crippen molar-refractivity contribution in [1.82, 2.24) is 4.90 Å². The third-order valence-corrected chi connectivity index (χ3v) is 4.19. The molecule has 90 valence electrons. The zero-order valence-corrected chi connectivity index (χ0v) is 13.5. The lowest BCUT2D eigenvalue weighted by Crippen LogP contribution is -2.40. The zero-order valence-electron chi connectivity index (χ0n) is 11.5. The Morgan fingerprint density at radius 3 is 1.88 bits per heavy atom. The number of nitrogens with zero attached hydrogens (tertiary/aromatic N) is 1. The van der Waals surface area contributed by atoms with E-state index in [4.69, 9.17) is 0 Å². The van der Waals surface area contributed by atoms with Crippen LogP contribution in [0.2, 0.25) is 0 Å². The van der Waals surface area contributed by atoms with Gasteiger partial charge in [-0.3, -0.25) is 4.90 Å². The molecule has 1 atom stereocenters. The highest BCUT2D eigenvalue weighted by atomic mass is 28.1. The molecule has 0 fully saturated rings. The van der Waals surface area contributed by atoms with Gasteiger partial charge in [-0.25, -0.2) is 0 Å². The van der Waals surface area contributed by atoms with Crippen molar-refractivity contribution in [2.75, 3.05) is 0 Å². The van der Waals surface area contributed by atoms with Crippen LogP contribution in [0, 0.1) is 0 Å². The predicted octanol–water partition coefficient (Wildman–Crippen LogP) is 1.86. The zero-order chi connectivity index (χ0) is 12.3. The molecule has 0 spiro atoms. The first-order valence-electron chi connectivity index (χ1n) is 6.28. The molecule has 1 aromatic rings. The minimum absolute atomic E-state index is 0.522. The minimum Gasteiger partial charge on any atom is -0.292 e. The maximum Gasteiger partial charge on any atom is 0.0389 e. The van der Waals surface area contributed by atoms with Gasteiger partial charge in [0.15, 0.2) is 0 Å². The number of hydrogen-bond acceptors (Lipinski definition) is 1. The Morgan fingerprint density at radius 1 is 0.938 bits per heavy atom. The monoisotopic (exact) mass is 235 g/mol. The van der Waals surface area contributed by atoms with Crippen molar-refractivity contribution in [3.05, 3.63) is 29.8 Å². The molecule has 0 saturated heterocycles. The van der Waals surface area contributed by atoms with Crippen LogP contribution in [0.1, 0.15) is 46.2 Å². The molecule has 1 rings (SSSR count). The van der Waals surface area contributed by atoms with Crippen LogP contribution in [0.15, 0.2) is 24.3 Å². The van der Waals surface area contributed by atoms with E-state index < -0.39 is 0 Å². The van der Waals surface area contributed by atoms with Gasteiger partial charge in [0, 0.05) is 28.4 Å². The predicted molar refractivity (Wildman–Crippen MR) is 76.5 cm³/mol. The van der Waals surface area contributed by atoms with E-state index >= 15 is 0 Å². The van der Waals surface area contributed by atoms with Crippen molar-refractivity contribution in [3.63, 3.8) is 0 Å². The van der Waals surface area contributed by atoms with Crippen LogP contribution in [0.3, 0.4) is 0 Å². The van der Waals surface area contributed by atoms with Gasteiger partial charge in [0.05, 0.1) is 0 Å². The topological polar surface area (TPSA) is 3.24 Å². The molecule has 2 heteroatoms. The van der Waals surface area contributed by atoms with Gasteiger partial charge in [0.1, 0.15) is 0 Å². The molecular weight excluding hydrogens is 210 g/mol. The molecule has 0 aromatic heterocycles. The summed E-state index contributed by atoms with van der Waals surface area (Å²) >= 11 is 0. The minimum atomic E-state index is 0.522. The Bertz CT molecular complexity index is 325. The van der Waals surface area contributed by atoms with Crippen LogP contribution < -0.4 is 5.19 Å². The van der Waals surface area contributed by atoms with Crippen molar-refractivity contribution in [1.29, 1.82) is 0 Å². The van der Waals surface area contributed by atoms with Crippen LogP contribution >= 0.6 is 0 Å². The van der Waals surface area contributed by atoms with E-state index in [1.165, 1.54) is 10.8 Å². The van der Waals surface area contributed by atoms with Gasteiger partial charge in [0.2, 0.25) is 0 Å². The summed E-state index contributed by atoms with van der Waals surface area (Å²) in [5, 5.41) is 1.53. The van der Waals surface area contributed by atoms with E-state index in [1.807, 2.05) is 0 Å². The lowest BCUT2D eigenvalue weighted by atomic mass is 10.0. The van der Waals surface area contributed by atoms with Gasteiger partial charge in [0.25, 0.3) is 0 Å². The summed E-state index contributed by atoms with van der Waals surface area (Å²) in [6.07, 6.45) is 0. The third kappa shape index (κ3) is 2.95. The Balaban J connectivity index is 2.99. The molecule has 0 aliphatic heterocycles. The second-order valence-corrected chi connectivity index (χ2v) is 6.24. The van der Waals surface area contributed by atoms with Crippen molar-refractivity contribution in [2.45, 2.75) is 52.7 Å². The fourth-order valence-corrected chi connectivity index (χ4v) is 3.48. The molecule has 1 nitrogen and oxygen atoms in total. The van der Waals surface area contributed by atoms with E-state index in [2.05, 4.69) is 63.8 Å². The van der Waals surface area contributed by atoms with E-state index in [0.29, 0.717) is 18.1 Å². The molecule has 0 aliphatic rings. The second kappa shape index (κ2) is 5.64. The van der Waals surface area contributed by atoms with Gasteiger partial charge < -0.3 is 0 Å². The normalized spacial score (nSPS) is 14.0. The molecule has 0 radical (unpaired) electrons. The molecule has 0 saturated carbocycles. The maximum atomic E-state index is 2.58. The number of hydrogen-bond donors (Lipinski definition) is 0. The maximum absolute atomic E-state index is 2.58. The van der Waals surface area contributed by atoms with Crippen LogP contribution in [0.25, 0.3) is 0 Å². The van der Waals surface area contributed by atoms with Crippen LogP contribution in [-0.4, -0.2) is 27.2 Å². The standard InChI is InChI=1S/C14H25NSi/c1-10(2)15(11(3)4)12(5)13-8-6-7-9-14(13)16/h6-12H,1-5,16H3. The molecule has 16 heavy (non-hydrogen) atoms. The van der Waals surface area contributed by atoms with Gasteiger partial charge >= 0.3 is 0 Å². The highest BCUT2D eigenvalue weighted by Crippen LogP contribution is 2.23. The largest absolute Gasteiger partial charge is 0.292 e. The first kappa shape index (κ1) is 13.5. The Labute approximate surface area is 103 Å². The summed E-state index contributed by atoms with van der Waals surface area (Å²) in [5.41, 5.74) is 1.51. The van der Waals surface area contributed by atoms with E-state index in [0.717, 1.165) is 10.2 Å². The SMILES string of the molecule is CC(C)N(C(C)C)C(C)c1ccccc1[SiH3]. The molecular formula is C14H25NSi. The van der Waals surface area contributed by atoms with Crippen molar-refractivity contribution in [3.8, 4) is 0 Å². The third-order valence-electron chi connectivity index (χ3n) is 3.28. The molecule has 1 unspecified atom stereocenters. The Hall–Kier alpha value is -0.603. The molecule has 0 aliphatic carbocycles. The van der Waals surface area contributed by atoms with Crippen molar-refractivity contribution < 1.29 is 0 Å². The average Bonchev–Trinajstić information content (AvgIpc) is 2.16. The van der Waals surface area contributed by atoms with E-state index in [1.54, 1.807) is 0 Å². The smallest absolute Gasteiger partial charge is 0.0389 e. The molecule has 0 amide bonds. The molecule has 1 aromatic carbocycles. The summed E-state index contributed by atoms with van der Waals surface area (Å²) in [5.74, 6) is 0. The van der Waals surface area contributed by atoms with Gasteiger partial charge in [-0.2, -0.15) is 0 Å². The Kier molecular flexibility index (Phi) is 4.75. The summed E-state index contributed by atoms with van der Waals surface area (Å²) < 4.78 is 0. The van der Waals surface area contributed by atoms with E-state index in [9.17, 15) is 0 Å². The highest BCUT2D eigenvalue weighted by molar-refractivity contribution is 6.33. The number of benzene rings is 1. The first-order chi connectivity index (χ1) is 7.45. The first-order valence-corrected chi connectivity index (χ1v) is 7.28. The van der Waals surface area contributed by atoms with Gasteiger partial charge in [-0.05, 0) is 40.2 Å². The quantitative estimate of drug-likeness (QED) is 0.720. The van der Waals surface area contributed by atoms with Crippen LogP contribution in [-0.2, 0) is 0 Å². The van der Waals surface area contributed by atoms with Crippen LogP contribution in [0.4, 0.5) is 0 Å². The summed E-state index contributed by atoms with van der Waals surface area (Å²) in [6, 6.07) is 10.6. The molecule has 0 N–H and O–H groups in total. The fourth-order valence-electron chi connectivity index (χ4n) is 2.71. The summed E-state index contributed by atoms with van der Waals surface area (Å²) in [7, 11) is 1.13. The Morgan fingerprint density at radius 2 is 1.44 bits per heavy atom. The molecule has 0 heterocycles. The lowest BCUT2D eigenvalue weighted by Gasteiger charge is -2.37. The average molecular weight is 235 g/mol. The highest BCUT2D eigenvalue weighted by Gasteiger charge is 2.22. The van der Waals surface area contributed by atoms with Crippen LogP contribution in [0.5, 0.6) is 0 Å². The van der Waals surface area contributed by atoms with Gasteiger partial charge in [-0.1, -0.05) is 29.5 Å². The van der Waals surface area contributed by atoms with Gasteiger partial charge in [-0.15, -0.1) is 0 Å². The molecule has 0 bridgehead atoms. The lowest BCUT2D eigenvalue weighted by molar-refractivity contribution is 0.123. The van der Waals surface area contributed by atoms with E-state index in [-0.39, 0.29) is 0 Å². The summed E-state index contributed by atoms with van der Waals surface area (Å²) in [4.78, 5) is 2.58. The fraction of sp³-hybridized carbons (Fsp3) is 0.571. The van der Waals surface area contributed by atoms with Crippen molar-refractivity contribution >= 4 is 15.4 Å².